The van der Waals surface area contributed by atoms with E-state index in [1.165, 1.54) is 66.0 Å². The Kier molecular flexibility index (Phi) is 7.75. The van der Waals surface area contributed by atoms with Gasteiger partial charge in [-0.05, 0) is 121 Å². The molecule has 0 radical (unpaired) electrons. The summed E-state index contributed by atoms with van der Waals surface area (Å²) in [5, 5.41) is 7.37. The number of rotatable bonds is 7. The van der Waals surface area contributed by atoms with E-state index in [1.807, 2.05) is 0 Å². The minimum absolute atomic E-state index is 1.13. The second kappa shape index (κ2) is 13.0. The highest BCUT2D eigenvalue weighted by molar-refractivity contribution is 5.94. The van der Waals surface area contributed by atoms with Crippen molar-refractivity contribution in [3.05, 3.63) is 199 Å². The summed E-state index contributed by atoms with van der Waals surface area (Å²) >= 11 is 0. The van der Waals surface area contributed by atoms with Gasteiger partial charge in [0, 0.05) is 35.5 Å². The van der Waals surface area contributed by atoms with Gasteiger partial charge in [0.2, 0.25) is 0 Å². The number of nitrogens with zero attached hydrogens (tertiary/aromatic N) is 2. The van der Waals surface area contributed by atoms with Crippen molar-refractivity contribution in [2.24, 2.45) is 7.05 Å². The molecule has 8 aromatic carbocycles. The van der Waals surface area contributed by atoms with Crippen LogP contribution >= 0.6 is 0 Å². The van der Waals surface area contributed by atoms with Gasteiger partial charge >= 0.3 is 0 Å². The predicted octanol–water partition coefficient (Wildman–Crippen LogP) is 13.5. The zero-order chi connectivity index (χ0) is 34.1. The predicted molar refractivity (Wildman–Crippen MR) is 219 cm³/mol. The van der Waals surface area contributed by atoms with E-state index in [1.54, 1.807) is 0 Å². The van der Waals surface area contributed by atoms with Crippen molar-refractivity contribution in [1.29, 1.82) is 0 Å². The van der Waals surface area contributed by atoms with Crippen LogP contribution in [0.4, 0.5) is 17.1 Å². The molecule has 1 aromatic heterocycles. The van der Waals surface area contributed by atoms with E-state index >= 15 is 0 Å². The molecule has 0 atom stereocenters. The summed E-state index contributed by atoms with van der Waals surface area (Å²) in [5.41, 5.74) is 10.7. The van der Waals surface area contributed by atoms with Crippen molar-refractivity contribution >= 4 is 61.5 Å². The maximum absolute atomic E-state index is 2.34. The van der Waals surface area contributed by atoms with Crippen molar-refractivity contribution in [1.82, 2.24) is 4.57 Å². The summed E-state index contributed by atoms with van der Waals surface area (Å²) < 4.78 is 2.28. The topological polar surface area (TPSA) is 8.17 Å². The lowest BCUT2D eigenvalue weighted by Crippen LogP contribution is -2.09. The Hall–Kier alpha value is -6.64. The highest BCUT2D eigenvalue weighted by atomic mass is 15.1. The van der Waals surface area contributed by atoms with Gasteiger partial charge in [-0.15, -0.1) is 0 Å². The van der Waals surface area contributed by atoms with Crippen molar-refractivity contribution in [2.45, 2.75) is 0 Å². The molecule has 242 valence electrons. The van der Waals surface area contributed by atoms with Crippen molar-refractivity contribution in [3.63, 3.8) is 0 Å². The summed E-state index contributed by atoms with van der Waals surface area (Å²) in [6, 6.07) is 67.8. The number of benzene rings is 8. The molecule has 0 saturated heterocycles. The first-order valence-electron chi connectivity index (χ1n) is 17.5. The summed E-state index contributed by atoms with van der Waals surface area (Å²) in [5.74, 6) is 0. The molecule has 9 rings (SSSR count). The van der Waals surface area contributed by atoms with E-state index in [9.17, 15) is 0 Å². The average molecular weight is 653 g/mol. The van der Waals surface area contributed by atoms with Crippen LogP contribution in [0.5, 0.6) is 0 Å². The first kappa shape index (κ1) is 30.4. The fraction of sp³-hybridized carbons (Fsp3) is 0.0204. The SMILES string of the molecule is Cn1c(-c2ccccc2)ccc1-c1ccc2cc(C=Cc3ccc4cc(N(c5ccccc5)c5ccc6ccccc6c5)ccc4c3)ccc2c1. The normalized spacial score (nSPS) is 11.5. The van der Waals surface area contributed by atoms with E-state index in [0.29, 0.717) is 0 Å². The largest absolute Gasteiger partial charge is 0.344 e. The van der Waals surface area contributed by atoms with E-state index < -0.39 is 0 Å². The van der Waals surface area contributed by atoms with Crippen LogP contribution in [-0.2, 0) is 7.05 Å². The first-order chi connectivity index (χ1) is 25.2. The van der Waals surface area contributed by atoms with Gasteiger partial charge in [0.05, 0.1) is 0 Å². The molecule has 1 heterocycles. The number of hydrogen-bond donors (Lipinski definition) is 0. The van der Waals surface area contributed by atoms with Crippen molar-refractivity contribution in [2.75, 3.05) is 4.90 Å². The minimum atomic E-state index is 1.13. The Labute approximate surface area is 298 Å². The van der Waals surface area contributed by atoms with Gasteiger partial charge in [-0.25, -0.2) is 0 Å². The molecule has 2 heteroatoms. The minimum Gasteiger partial charge on any atom is -0.344 e. The molecule has 0 aliphatic heterocycles. The standard InChI is InChI=1S/C49H36N2/c1-50-48(38-11-4-2-5-12-38)28-29-49(50)44-23-22-40-30-35(18-20-42(40)32-44)16-17-36-19-21-43-34-47(27-25-41(43)31-36)51(45-14-6-3-7-15-45)46-26-24-37-10-8-9-13-39(37)33-46/h2-34H,1H3. The quantitative estimate of drug-likeness (QED) is 0.156. The summed E-state index contributed by atoms with van der Waals surface area (Å²) in [6.45, 7) is 0. The number of aromatic nitrogens is 1. The lowest BCUT2D eigenvalue weighted by Gasteiger charge is -2.26. The highest BCUT2D eigenvalue weighted by Crippen LogP contribution is 2.37. The maximum atomic E-state index is 2.34. The van der Waals surface area contributed by atoms with Crippen LogP contribution in [0.3, 0.4) is 0 Å². The number of para-hydroxylation sites is 1. The monoisotopic (exact) mass is 652 g/mol. The third-order valence-electron chi connectivity index (χ3n) is 9.93. The van der Waals surface area contributed by atoms with Gasteiger partial charge < -0.3 is 9.47 Å². The molecule has 0 amide bonds. The van der Waals surface area contributed by atoms with Crippen LogP contribution in [0, 0.1) is 0 Å². The fourth-order valence-electron chi connectivity index (χ4n) is 7.25. The molecule has 0 aliphatic carbocycles. The van der Waals surface area contributed by atoms with Crippen LogP contribution in [0.1, 0.15) is 11.1 Å². The van der Waals surface area contributed by atoms with Gasteiger partial charge in [0.25, 0.3) is 0 Å². The van der Waals surface area contributed by atoms with E-state index in [0.717, 1.165) is 17.1 Å². The molecule has 0 aliphatic rings. The second-order valence-electron chi connectivity index (χ2n) is 13.2. The number of anilines is 3. The Morgan fingerprint density at radius 1 is 0.353 bits per heavy atom. The van der Waals surface area contributed by atoms with E-state index in [4.69, 9.17) is 0 Å². The van der Waals surface area contributed by atoms with Gasteiger partial charge in [-0.2, -0.15) is 0 Å². The molecule has 0 spiro atoms. The molecule has 9 aromatic rings. The Morgan fingerprint density at radius 3 is 1.49 bits per heavy atom. The molecule has 0 saturated carbocycles. The third-order valence-corrected chi connectivity index (χ3v) is 9.93. The first-order valence-corrected chi connectivity index (χ1v) is 17.5. The molecular formula is C49H36N2. The van der Waals surface area contributed by atoms with Crippen LogP contribution in [0.15, 0.2) is 188 Å². The second-order valence-corrected chi connectivity index (χ2v) is 13.2. The third kappa shape index (κ3) is 5.98. The molecule has 0 unspecified atom stereocenters. The fourth-order valence-corrected chi connectivity index (χ4v) is 7.25. The maximum Gasteiger partial charge on any atom is 0.0482 e. The Balaban J connectivity index is 0.975. The van der Waals surface area contributed by atoms with E-state index in [-0.39, 0.29) is 0 Å². The van der Waals surface area contributed by atoms with Gasteiger partial charge in [-0.3, -0.25) is 0 Å². The van der Waals surface area contributed by atoms with Crippen LogP contribution < -0.4 is 4.90 Å². The molecule has 51 heavy (non-hydrogen) atoms. The van der Waals surface area contributed by atoms with Crippen molar-refractivity contribution < 1.29 is 0 Å². The number of fused-ring (bicyclic) bond motifs is 3. The molecular weight excluding hydrogens is 617 g/mol. The zero-order valence-corrected chi connectivity index (χ0v) is 28.4. The highest BCUT2D eigenvalue weighted by Gasteiger charge is 2.14. The van der Waals surface area contributed by atoms with Crippen molar-refractivity contribution in [3.8, 4) is 22.5 Å². The average Bonchev–Trinajstić information content (AvgIpc) is 3.58. The lowest BCUT2D eigenvalue weighted by atomic mass is 10.0. The molecule has 0 fully saturated rings. The van der Waals surface area contributed by atoms with Gasteiger partial charge in [-0.1, -0.05) is 133 Å². The molecule has 0 bridgehead atoms. The van der Waals surface area contributed by atoms with Gasteiger partial charge in [0.15, 0.2) is 0 Å². The number of hydrogen-bond acceptors (Lipinski definition) is 1. The zero-order valence-electron chi connectivity index (χ0n) is 28.4. The molecule has 0 N–H and O–H groups in total. The summed E-state index contributed by atoms with van der Waals surface area (Å²) in [6.07, 6.45) is 4.42. The van der Waals surface area contributed by atoms with Crippen LogP contribution in [0.2, 0.25) is 0 Å². The molecule has 2 nitrogen and oxygen atoms in total. The lowest BCUT2D eigenvalue weighted by molar-refractivity contribution is 0.946. The van der Waals surface area contributed by atoms with Crippen LogP contribution in [-0.4, -0.2) is 4.57 Å². The Morgan fingerprint density at radius 2 is 0.824 bits per heavy atom. The summed E-state index contributed by atoms with van der Waals surface area (Å²) in [4.78, 5) is 2.34. The Bertz CT molecular complexity index is 2700. The van der Waals surface area contributed by atoms with E-state index in [2.05, 4.69) is 217 Å². The van der Waals surface area contributed by atoms with Crippen LogP contribution in [0.25, 0.3) is 67.0 Å². The smallest absolute Gasteiger partial charge is 0.0482 e. The van der Waals surface area contributed by atoms with Gasteiger partial charge in [0.1, 0.15) is 0 Å². The summed E-state index contributed by atoms with van der Waals surface area (Å²) in [7, 11) is 2.15.